The average molecular weight is 293 g/mol. The third kappa shape index (κ3) is 2.93. The lowest BCUT2D eigenvalue weighted by Crippen LogP contribution is -2.16. The zero-order valence-electron chi connectivity index (χ0n) is 11.3. The highest BCUT2D eigenvalue weighted by molar-refractivity contribution is 7.98. The highest BCUT2D eigenvalue weighted by atomic mass is 32.2. The number of hydrogen-bond acceptors (Lipinski definition) is 5. The molecule has 2 aromatic rings. The molecule has 0 fully saturated rings. The molecular formula is C13H15N3O3S. The zero-order chi connectivity index (χ0) is 14.5. The number of thioether (sulfide) groups is 1. The molecule has 106 valence electrons. The van der Waals surface area contributed by atoms with Gasteiger partial charge in [0, 0.05) is 23.4 Å². The van der Waals surface area contributed by atoms with E-state index in [-0.39, 0.29) is 5.69 Å². The summed E-state index contributed by atoms with van der Waals surface area (Å²) in [5, 5.41) is 7.02. The zero-order valence-corrected chi connectivity index (χ0v) is 12.1. The summed E-state index contributed by atoms with van der Waals surface area (Å²) in [7, 11) is 1.58. The van der Waals surface area contributed by atoms with Crippen molar-refractivity contribution in [1.29, 1.82) is 0 Å². The van der Waals surface area contributed by atoms with Crippen molar-refractivity contribution >= 4 is 18.0 Å². The first-order valence-electron chi connectivity index (χ1n) is 6.09. The van der Waals surface area contributed by atoms with Crippen LogP contribution in [0.3, 0.4) is 0 Å². The number of H-pyrrole nitrogens is 1. The van der Waals surface area contributed by atoms with Crippen molar-refractivity contribution in [2.24, 2.45) is 0 Å². The number of rotatable bonds is 6. The molecule has 0 unspecified atom stereocenters. The third-order valence-electron chi connectivity index (χ3n) is 2.84. The Morgan fingerprint density at radius 1 is 1.50 bits per heavy atom. The number of aromatic nitrogens is 3. The van der Waals surface area contributed by atoms with Crippen LogP contribution in [0.25, 0.3) is 0 Å². The van der Waals surface area contributed by atoms with E-state index >= 15 is 0 Å². The lowest BCUT2D eigenvalue weighted by Gasteiger charge is -2.08. The van der Waals surface area contributed by atoms with Gasteiger partial charge >= 0.3 is 5.69 Å². The Bertz CT molecular complexity index is 663. The smallest absolute Gasteiger partial charge is 0.343 e. The van der Waals surface area contributed by atoms with Gasteiger partial charge in [-0.2, -0.15) is 0 Å². The number of carbonyl (C=O) groups excluding carboxylic acids is 1. The summed E-state index contributed by atoms with van der Waals surface area (Å²) in [5.41, 5.74) is 1.26. The minimum absolute atomic E-state index is 0.219. The van der Waals surface area contributed by atoms with Crippen molar-refractivity contribution in [3.8, 4) is 5.75 Å². The summed E-state index contributed by atoms with van der Waals surface area (Å²) in [6.07, 6.45) is 0.796. The van der Waals surface area contributed by atoms with Gasteiger partial charge in [-0.05, 0) is 25.1 Å². The molecule has 0 bridgehead atoms. The van der Waals surface area contributed by atoms with Crippen molar-refractivity contribution < 1.29 is 9.53 Å². The molecular weight excluding hydrogens is 278 g/mol. The maximum atomic E-state index is 11.5. The van der Waals surface area contributed by atoms with Gasteiger partial charge in [0.2, 0.25) is 0 Å². The van der Waals surface area contributed by atoms with Gasteiger partial charge < -0.3 is 4.74 Å². The van der Waals surface area contributed by atoms with Gasteiger partial charge in [-0.1, -0.05) is 11.8 Å². The van der Waals surface area contributed by atoms with Crippen LogP contribution in [0.2, 0.25) is 0 Å². The van der Waals surface area contributed by atoms with Crippen LogP contribution < -0.4 is 10.4 Å². The average Bonchev–Trinajstić information content (AvgIpc) is 2.84. The normalized spacial score (nSPS) is 10.5. The molecule has 0 atom stereocenters. The van der Waals surface area contributed by atoms with Crippen LogP contribution >= 0.6 is 11.8 Å². The van der Waals surface area contributed by atoms with Crippen molar-refractivity contribution in [2.75, 3.05) is 7.11 Å². The number of nitrogens with zero attached hydrogens (tertiary/aromatic N) is 2. The second kappa shape index (κ2) is 6.42. The van der Waals surface area contributed by atoms with Crippen LogP contribution in [0, 0.1) is 0 Å². The van der Waals surface area contributed by atoms with E-state index in [2.05, 4.69) is 10.2 Å². The van der Waals surface area contributed by atoms with Gasteiger partial charge in [0.15, 0.2) is 5.16 Å². The minimum Gasteiger partial charge on any atom is -0.496 e. The van der Waals surface area contributed by atoms with E-state index in [0.29, 0.717) is 28.8 Å². The fraction of sp³-hybridized carbons (Fsp3) is 0.308. The Morgan fingerprint density at radius 3 is 2.95 bits per heavy atom. The molecule has 1 aromatic carbocycles. The monoisotopic (exact) mass is 293 g/mol. The van der Waals surface area contributed by atoms with Crippen molar-refractivity contribution in [1.82, 2.24) is 14.8 Å². The van der Waals surface area contributed by atoms with E-state index in [1.807, 2.05) is 6.92 Å². The number of aromatic amines is 1. The largest absolute Gasteiger partial charge is 0.496 e. The molecule has 0 aliphatic rings. The lowest BCUT2D eigenvalue weighted by atomic mass is 10.1. The maximum absolute atomic E-state index is 11.5. The van der Waals surface area contributed by atoms with Crippen LogP contribution in [0.4, 0.5) is 0 Å². The number of methoxy groups -OCH3 is 1. The minimum atomic E-state index is -0.219. The van der Waals surface area contributed by atoms with Gasteiger partial charge in [0.1, 0.15) is 12.0 Å². The molecule has 0 saturated carbocycles. The van der Waals surface area contributed by atoms with Gasteiger partial charge in [0.05, 0.1) is 7.11 Å². The Morgan fingerprint density at radius 2 is 2.30 bits per heavy atom. The highest BCUT2D eigenvalue weighted by Gasteiger charge is 2.10. The standard InChI is InChI=1S/C13H15N3O3S/c1-3-16-12(18)14-15-13(16)20-8-10-6-9(7-17)4-5-11(10)19-2/h4-7H,3,8H2,1-2H3,(H,14,18). The van der Waals surface area contributed by atoms with Gasteiger partial charge in [-0.25, -0.2) is 9.89 Å². The van der Waals surface area contributed by atoms with Gasteiger partial charge in [-0.15, -0.1) is 5.10 Å². The quantitative estimate of drug-likeness (QED) is 0.648. The Balaban J connectivity index is 2.21. The van der Waals surface area contributed by atoms with Gasteiger partial charge in [-0.3, -0.25) is 9.36 Å². The first-order chi connectivity index (χ1) is 9.69. The maximum Gasteiger partial charge on any atom is 0.343 e. The summed E-state index contributed by atoms with van der Waals surface area (Å²) in [6, 6.07) is 5.24. The van der Waals surface area contributed by atoms with E-state index in [9.17, 15) is 9.59 Å². The molecule has 0 saturated heterocycles. The number of hydrogen-bond donors (Lipinski definition) is 1. The number of benzene rings is 1. The molecule has 20 heavy (non-hydrogen) atoms. The number of aldehydes is 1. The van der Waals surface area contributed by atoms with Gasteiger partial charge in [0.25, 0.3) is 0 Å². The van der Waals surface area contributed by atoms with Crippen LogP contribution in [0.15, 0.2) is 28.2 Å². The molecule has 0 aliphatic carbocycles. The van der Waals surface area contributed by atoms with E-state index in [1.165, 1.54) is 11.8 Å². The molecule has 0 spiro atoms. The fourth-order valence-corrected chi connectivity index (χ4v) is 2.81. The predicted molar refractivity (Wildman–Crippen MR) is 76.5 cm³/mol. The second-order valence-electron chi connectivity index (χ2n) is 4.03. The number of ether oxygens (including phenoxy) is 1. The second-order valence-corrected chi connectivity index (χ2v) is 4.98. The Hall–Kier alpha value is -2.02. The van der Waals surface area contributed by atoms with Crippen LogP contribution in [0.5, 0.6) is 5.75 Å². The van der Waals surface area contributed by atoms with E-state index < -0.39 is 0 Å². The molecule has 0 amide bonds. The summed E-state index contributed by atoms with van der Waals surface area (Å²) in [5.74, 6) is 1.28. The first-order valence-corrected chi connectivity index (χ1v) is 7.08. The summed E-state index contributed by atoms with van der Waals surface area (Å²) in [6.45, 7) is 2.44. The van der Waals surface area contributed by atoms with Crippen LogP contribution in [-0.4, -0.2) is 28.2 Å². The molecule has 1 heterocycles. The summed E-state index contributed by atoms with van der Waals surface area (Å²) >= 11 is 1.42. The lowest BCUT2D eigenvalue weighted by molar-refractivity contribution is 0.112. The summed E-state index contributed by atoms with van der Waals surface area (Å²) < 4.78 is 6.83. The molecule has 1 N–H and O–H groups in total. The Labute approximate surface area is 120 Å². The molecule has 2 rings (SSSR count). The SMILES string of the molecule is CCn1c(SCc2cc(C=O)ccc2OC)n[nH]c1=O. The van der Waals surface area contributed by atoms with Crippen LogP contribution in [0.1, 0.15) is 22.8 Å². The topological polar surface area (TPSA) is 77.0 Å². The first kappa shape index (κ1) is 14.4. The summed E-state index contributed by atoms with van der Waals surface area (Å²) in [4.78, 5) is 22.3. The molecule has 6 nitrogen and oxygen atoms in total. The van der Waals surface area contributed by atoms with E-state index in [1.54, 1.807) is 29.9 Å². The predicted octanol–water partition coefficient (Wildman–Crippen LogP) is 1.70. The Kier molecular flexibility index (Phi) is 4.62. The number of carbonyl (C=O) groups is 1. The van der Waals surface area contributed by atoms with Crippen molar-refractivity contribution in [3.63, 3.8) is 0 Å². The molecule has 1 aromatic heterocycles. The number of nitrogens with one attached hydrogen (secondary N) is 1. The van der Waals surface area contributed by atoms with Crippen LogP contribution in [-0.2, 0) is 12.3 Å². The van der Waals surface area contributed by atoms with E-state index in [4.69, 9.17) is 4.74 Å². The third-order valence-corrected chi connectivity index (χ3v) is 3.86. The molecule has 0 radical (unpaired) electrons. The van der Waals surface area contributed by atoms with E-state index in [0.717, 1.165) is 11.8 Å². The van der Waals surface area contributed by atoms with Crippen molar-refractivity contribution in [3.05, 3.63) is 39.8 Å². The molecule has 0 aliphatic heterocycles. The fourth-order valence-electron chi connectivity index (χ4n) is 1.82. The molecule has 7 heteroatoms. The highest BCUT2D eigenvalue weighted by Crippen LogP contribution is 2.27. The van der Waals surface area contributed by atoms with Crippen molar-refractivity contribution in [2.45, 2.75) is 24.4 Å².